The summed E-state index contributed by atoms with van der Waals surface area (Å²) in [7, 11) is -4.36. The van der Waals surface area contributed by atoms with Gasteiger partial charge in [-0.2, -0.15) is 0 Å². The lowest BCUT2D eigenvalue weighted by atomic mass is 10.0. The van der Waals surface area contributed by atoms with Crippen molar-refractivity contribution >= 4 is 62.3 Å². The minimum atomic E-state index is -4.36. The molecule has 4 aromatic carbocycles. The molecule has 4 rings (SSSR count). The van der Waals surface area contributed by atoms with Crippen LogP contribution in [0.25, 0.3) is 0 Å². The van der Waals surface area contributed by atoms with Crippen LogP contribution in [0.1, 0.15) is 25.0 Å². The van der Waals surface area contributed by atoms with Gasteiger partial charge in [0.2, 0.25) is 11.8 Å². The van der Waals surface area contributed by atoms with E-state index in [0.29, 0.717) is 17.1 Å². The highest BCUT2D eigenvalue weighted by Crippen LogP contribution is 2.29. The lowest BCUT2D eigenvalue weighted by molar-refractivity contribution is -0.140. The van der Waals surface area contributed by atoms with E-state index >= 15 is 0 Å². The Morgan fingerprint density at radius 1 is 0.804 bits per heavy atom. The Hall–Kier alpha value is -3.63. The van der Waals surface area contributed by atoms with E-state index in [4.69, 9.17) is 34.8 Å². The van der Waals surface area contributed by atoms with Crippen LogP contribution in [-0.4, -0.2) is 44.3 Å². The molecule has 0 aromatic heterocycles. The number of nitrogens with one attached hydrogen (secondary N) is 1. The number of amides is 2. The third-order valence-corrected chi connectivity index (χ3v) is 9.91. The molecule has 0 bridgehead atoms. The van der Waals surface area contributed by atoms with Crippen LogP contribution in [0.15, 0.2) is 102 Å². The summed E-state index contributed by atoms with van der Waals surface area (Å²) in [5.41, 5.74) is 1.33. The normalized spacial score (nSPS) is 12.1. The van der Waals surface area contributed by atoms with Gasteiger partial charge in [0.1, 0.15) is 18.4 Å². The molecule has 0 fully saturated rings. The minimum Gasteiger partial charge on any atom is -0.354 e. The van der Waals surface area contributed by atoms with Gasteiger partial charge >= 0.3 is 0 Å². The van der Waals surface area contributed by atoms with Crippen LogP contribution in [0.2, 0.25) is 15.1 Å². The molecule has 2 amide bonds. The molecule has 0 radical (unpaired) electrons. The number of carbonyl (C=O) groups excluding carboxylic acids is 2. The van der Waals surface area contributed by atoms with Crippen molar-refractivity contribution in [3.05, 3.63) is 129 Å². The quantitative estimate of drug-likeness (QED) is 0.157. The fourth-order valence-corrected chi connectivity index (χ4v) is 6.62. The molecule has 0 saturated carbocycles. The van der Waals surface area contributed by atoms with Gasteiger partial charge in [0.15, 0.2) is 0 Å². The fraction of sp³-hybridized carbons (Fsp3) is 0.235. The van der Waals surface area contributed by atoms with Crippen molar-refractivity contribution in [1.29, 1.82) is 0 Å². The highest BCUT2D eigenvalue weighted by molar-refractivity contribution is 7.92. The van der Waals surface area contributed by atoms with E-state index in [2.05, 4.69) is 5.32 Å². The van der Waals surface area contributed by atoms with Crippen LogP contribution in [0, 0.1) is 11.7 Å². The maximum Gasteiger partial charge on any atom is 0.264 e. The number of anilines is 1. The van der Waals surface area contributed by atoms with Crippen LogP contribution >= 0.6 is 34.8 Å². The Balaban J connectivity index is 1.82. The first-order valence-corrected chi connectivity index (χ1v) is 17.0. The molecule has 0 aliphatic rings. The molecule has 46 heavy (non-hydrogen) atoms. The van der Waals surface area contributed by atoms with E-state index in [1.54, 1.807) is 36.4 Å². The van der Waals surface area contributed by atoms with Crippen LogP contribution in [0.5, 0.6) is 0 Å². The fourth-order valence-electron chi connectivity index (χ4n) is 4.70. The first-order chi connectivity index (χ1) is 21.9. The number of hydrogen-bond acceptors (Lipinski definition) is 4. The number of benzene rings is 4. The summed E-state index contributed by atoms with van der Waals surface area (Å²) in [6.45, 7) is 3.45. The second-order valence-electron chi connectivity index (χ2n) is 11.0. The predicted molar refractivity (Wildman–Crippen MR) is 181 cm³/mol. The smallest absolute Gasteiger partial charge is 0.264 e. The van der Waals surface area contributed by atoms with Gasteiger partial charge in [0, 0.05) is 19.5 Å². The van der Waals surface area contributed by atoms with Crippen LogP contribution in [-0.2, 0) is 32.6 Å². The highest BCUT2D eigenvalue weighted by Gasteiger charge is 2.35. The molecule has 0 aliphatic heterocycles. The number of sulfonamides is 1. The summed E-state index contributed by atoms with van der Waals surface area (Å²) in [6.07, 6.45) is 0.144. The van der Waals surface area contributed by atoms with E-state index < -0.39 is 40.2 Å². The lowest BCUT2D eigenvalue weighted by Gasteiger charge is -2.34. The zero-order valence-electron chi connectivity index (χ0n) is 25.2. The van der Waals surface area contributed by atoms with E-state index in [9.17, 15) is 22.4 Å². The highest BCUT2D eigenvalue weighted by atomic mass is 35.5. The first-order valence-electron chi connectivity index (χ1n) is 14.4. The number of halogens is 4. The summed E-state index contributed by atoms with van der Waals surface area (Å²) < 4.78 is 43.0. The van der Waals surface area contributed by atoms with Crippen molar-refractivity contribution in [2.45, 2.75) is 37.8 Å². The molecule has 0 heterocycles. The lowest BCUT2D eigenvalue weighted by Crippen LogP contribution is -2.53. The molecule has 0 spiro atoms. The summed E-state index contributed by atoms with van der Waals surface area (Å²) in [4.78, 5) is 29.5. The van der Waals surface area contributed by atoms with Crippen LogP contribution in [0.4, 0.5) is 10.1 Å². The van der Waals surface area contributed by atoms with E-state index in [-0.39, 0.29) is 39.5 Å². The Labute approximate surface area is 283 Å². The van der Waals surface area contributed by atoms with Crippen molar-refractivity contribution in [3.63, 3.8) is 0 Å². The average Bonchev–Trinajstić information content (AvgIpc) is 3.04. The van der Waals surface area contributed by atoms with Crippen molar-refractivity contribution < 1.29 is 22.4 Å². The number of carbonyl (C=O) groups is 2. The third-order valence-electron chi connectivity index (χ3n) is 7.09. The van der Waals surface area contributed by atoms with Crippen molar-refractivity contribution in [3.8, 4) is 0 Å². The zero-order chi connectivity index (χ0) is 33.4. The Kier molecular flexibility index (Phi) is 12.1. The van der Waals surface area contributed by atoms with Crippen molar-refractivity contribution in [2.24, 2.45) is 5.92 Å². The first kappa shape index (κ1) is 35.2. The summed E-state index contributed by atoms with van der Waals surface area (Å²) in [5.74, 6) is -1.71. The molecular formula is C34H33Cl3FN3O4S. The average molecular weight is 705 g/mol. The van der Waals surface area contributed by atoms with Crippen LogP contribution in [0.3, 0.4) is 0 Å². The van der Waals surface area contributed by atoms with E-state index in [1.807, 2.05) is 44.2 Å². The topological polar surface area (TPSA) is 86.8 Å². The molecule has 4 aromatic rings. The molecule has 1 atom stereocenters. The molecular weight excluding hydrogens is 672 g/mol. The number of rotatable bonds is 13. The van der Waals surface area contributed by atoms with Gasteiger partial charge in [-0.1, -0.05) is 103 Å². The molecule has 7 nitrogen and oxygen atoms in total. The maximum atomic E-state index is 14.5. The largest absolute Gasteiger partial charge is 0.354 e. The van der Waals surface area contributed by atoms with Crippen molar-refractivity contribution in [2.75, 3.05) is 17.4 Å². The standard InChI is InChI=1S/C34H33Cl3FN3O4S/c1-23(2)20-39-34(43)32(18-24-9-5-3-6-10-24)40(21-25-13-15-28(35)29(36)17-25)33(42)22-41(26-14-16-31(38)30(37)19-26)46(44,45)27-11-7-4-8-12-27/h3-17,19,23,32H,18,20-22H2,1-2H3,(H,39,43). The second kappa shape index (κ2) is 15.8. The summed E-state index contributed by atoms with van der Waals surface area (Å²) >= 11 is 18.5. The molecule has 1 N–H and O–H groups in total. The van der Waals surface area contributed by atoms with Gasteiger partial charge in [-0.25, -0.2) is 12.8 Å². The number of nitrogens with zero attached hydrogens (tertiary/aromatic N) is 2. The Morgan fingerprint density at radius 3 is 2.07 bits per heavy atom. The van der Waals surface area contributed by atoms with E-state index in [1.165, 1.54) is 23.1 Å². The van der Waals surface area contributed by atoms with E-state index in [0.717, 1.165) is 22.0 Å². The Bertz CT molecular complexity index is 1780. The summed E-state index contributed by atoms with van der Waals surface area (Å²) in [6, 6.07) is 24.0. The molecule has 0 saturated heterocycles. The van der Waals surface area contributed by atoms with Crippen molar-refractivity contribution in [1.82, 2.24) is 10.2 Å². The van der Waals surface area contributed by atoms with Gasteiger partial charge in [-0.3, -0.25) is 13.9 Å². The maximum absolute atomic E-state index is 14.5. The van der Waals surface area contributed by atoms with Crippen LogP contribution < -0.4 is 9.62 Å². The molecule has 0 aliphatic carbocycles. The second-order valence-corrected chi connectivity index (χ2v) is 14.1. The number of hydrogen-bond donors (Lipinski definition) is 1. The monoisotopic (exact) mass is 703 g/mol. The zero-order valence-corrected chi connectivity index (χ0v) is 28.3. The van der Waals surface area contributed by atoms with Gasteiger partial charge in [0.05, 0.1) is 25.7 Å². The summed E-state index contributed by atoms with van der Waals surface area (Å²) in [5, 5.41) is 3.18. The Morgan fingerprint density at radius 2 is 1.46 bits per heavy atom. The molecule has 12 heteroatoms. The SMILES string of the molecule is CC(C)CNC(=O)C(Cc1ccccc1)N(Cc1ccc(Cl)c(Cl)c1)C(=O)CN(c1ccc(F)c(Cl)c1)S(=O)(=O)c1ccccc1. The predicted octanol–water partition coefficient (Wildman–Crippen LogP) is 7.39. The third kappa shape index (κ3) is 9.00. The molecule has 242 valence electrons. The minimum absolute atomic E-state index is 0.0260. The molecule has 1 unspecified atom stereocenters. The van der Waals surface area contributed by atoms with Gasteiger partial charge < -0.3 is 10.2 Å². The van der Waals surface area contributed by atoms with Gasteiger partial charge in [0.25, 0.3) is 10.0 Å². The van der Waals surface area contributed by atoms with Gasteiger partial charge in [-0.05, 0) is 59.5 Å². The van der Waals surface area contributed by atoms with Gasteiger partial charge in [-0.15, -0.1) is 0 Å².